The Labute approximate surface area is 333 Å². The average Bonchev–Trinajstić information content (AvgIpc) is 3.29. The number of nitrogens with zero attached hydrogens (tertiary/aromatic N) is 2. The van der Waals surface area contributed by atoms with E-state index in [-0.39, 0.29) is 0 Å². The lowest BCUT2D eigenvalue weighted by molar-refractivity contribution is 1.37. The molecule has 13 rings (SSSR count). The summed E-state index contributed by atoms with van der Waals surface area (Å²) >= 11 is 0. The smallest absolute Gasteiger partial charge is 0.0972 e. The first-order chi connectivity index (χ1) is 28.8. The van der Waals surface area contributed by atoms with Gasteiger partial charge in [-0.15, -0.1) is 0 Å². The number of pyridine rings is 2. The van der Waals surface area contributed by atoms with Crippen LogP contribution >= 0.6 is 0 Å². The molecule has 2 heterocycles. The summed E-state index contributed by atoms with van der Waals surface area (Å²) in [4.78, 5) is 9.91. The van der Waals surface area contributed by atoms with Crippen molar-refractivity contribution in [2.75, 3.05) is 0 Å². The first-order valence-corrected chi connectivity index (χ1v) is 20.0. The number of benzene rings is 10. The van der Waals surface area contributed by atoms with E-state index in [0.717, 1.165) is 33.1 Å². The van der Waals surface area contributed by atoms with E-state index in [0.29, 0.717) is 0 Å². The molecule has 2 aromatic heterocycles. The highest BCUT2D eigenvalue weighted by Crippen LogP contribution is 2.46. The fraction of sp³-hybridized carbons (Fsp3) is 0. The Kier molecular flexibility index (Phi) is 6.47. The van der Waals surface area contributed by atoms with Gasteiger partial charge in [0.1, 0.15) is 0 Å². The van der Waals surface area contributed by atoms with Crippen LogP contribution in [0.3, 0.4) is 0 Å². The Bertz CT molecular complexity index is 3840. The molecular formula is C56H32N2. The average molecular weight is 733 g/mol. The molecule has 0 fully saturated rings. The number of fused-ring (bicyclic) bond motifs is 6. The van der Waals surface area contributed by atoms with Crippen molar-refractivity contribution in [3.8, 4) is 33.5 Å². The highest BCUT2D eigenvalue weighted by molar-refractivity contribution is 6.38. The summed E-state index contributed by atoms with van der Waals surface area (Å²) in [5.74, 6) is 0. The van der Waals surface area contributed by atoms with Crippen LogP contribution in [0.4, 0.5) is 0 Å². The van der Waals surface area contributed by atoms with Gasteiger partial charge >= 0.3 is 0 Å². The Hall–Kier alpha value is -7.68. The second-order valence-corrected chi connectivity index (χ2v) is 15.6. The minimum absolute atomic E-state index is 0.931. The maximum absolute atomic E-state index is 5.21. The molecule has 0 unspecified atom stereocenters. The predicted octanol–water partition coefficient (Wildman–Crippen LogP) is 15.3. The summed E-state index contributed by atoms with van der Waals surface area (Å²) in [7, 11) is 0. The van der Waals surface area contributed by atoms with Crippen molar-refractivity contribution in [2.24, 2.45) is 0 Å². The molecule has 0 spiro atoms. The molecule has 0 saturated carbocycles. The molecular weight excluding hydrogens is 701 g/mol. The predicted molar refractivity (Wildman–Crippen MR) is 247 cm³/mol. The monoisotopic (exact) mass is 732 g/mol. The molecule has 2 nitrogen and oxygen atoms in total. The van der Waals surface area contributed by atoms with Crippen LogP contribution in [-0.4, -0.2) is 9.97 Å². The topological polar surface area (TPSA) is 25.8 Å². The fourth-order valence-electron chi connectivity index (χ4n) is 10.0. The summed E-state index contributed by atoms with van der Waals surface area (Å²) in [6, 6.07) is 69.3. The molecule has 0 N–H and O–H groups in total. The molecule has 0 saturated heterocycles. The quantitative estimate of drug-likeness (QED) is 0.169. The lowest BCUT2D eigenvalue weighted by Gasteiger charge is -2.18. The van der Waals surface area contributed by atoms with Crippen LogP contribution in [0.15, 0.2) is 194 Å². The largest absolute Gasteiger partial charge is 0.254 e. The van der Waals surface area contributed by atoms with Gasteiger partial charge in [-0.05, 0) is 116 Å². The third-order valence-corrected chi connectivity index (χ3v) is 12.6. The van der Waals surface area contributed by atoms with Crippen molar-refractivity contribution in [2.45, 2.75) is 0 Å². The van der Waals surface area contributed by atoms with Crippen LogP contribution in [0.5, 0.6) is 0 Å². The Morgan fingerprint density at radius 3 is 1.47 bits per heavy atom. The van der Waals surface area contributed by atoms with Gasteiger partial charge in [-0.1, -0.05) is 170 Å². The molecule has 0 aliphatic rings. The van der Waals surface area contributed by atoms with Gasteiger partial charge in [0.25, 0.3) is 0 Å². The van der Waals surface area contributed by atoms with E-state index in [1.165, 1.54) is 97.7 Å². The van der Waals surface area contributed by atoms with Gasteiger partial charge in [0.2, 0.25) is 0 Å². The standard InChI is InChI=1S/C56H32N2/c1-2-13-42-41(12-1)40(28-29-43(42)50-30-27-38-26-25-37-11-7-31-57-55(37)56(38)58-50)33-19-21-34(22-20-33)49-32-39-10-5-16-45-44-14-3-8-35-23-24-36-9-4-15-46(52(36)51(35)44)47-17-6-18-48(49)54(47)53(39)45/h1-32H. The normalized spacial score (nSPS) is 12.1. The zero-order valence-electron chi connectivity index (χ0n) is 31.4. The van der Waals surface area contributed by atoms with Crippen LogP contribution in [-0.2, 0) is 0 Å². The second-order valence-electron chi connectivity index (χ2n) is 15.6. The maximum Gasteiger partial charge on any atom is 0.0972 e. The molecule has 0 amide bonds. The van der Waals surface area contributed by atoms with Crippen molar-refractivity contribution in [3.63, 3.8) is 0 Å². The molecule has 266 valence electrons. The zero-order chi connectivity index (χ0) is 37.9. The number of hydrogen-bond acceptors (Lipinski definition) is 2. The van der Waals surface area contributed by atoms with Gasteiger partial charge in [-0.3, -0.25) is 4.98 Å². The third kappa shape index (κ3) is 4.43. The summed E-state index contributed by atoms with van der Waals surface area (Å²) in [5, 5.41) is 20.2. The summed E-state index contributed by atoms with van der Waals surface area (Å²) in [6.07, 6.45) is 1.85. The molecule has 13 aromatic rings. The van der Waals surface area contributed by atoms with Gasteiger partial charge in [0.15, 0.2) is 0 Å². The molecule has 0 atom stereocenters. The highest BCUT2D eigenvalue weighted by Gasteiger charge is 2.18. The van der Waals surface area contributed by atoms with E-state index in [9.17, 15) is 0 Å². The molecule has 0 bridgehead atoms. The van der Waals surface area contributed by atoms with Crippen LogP contribution in [0.1, 0.15) is 0 Å². The lowest BCUT2D eigenvalue weighted by atomic mass is 9.85. The van der Waals surface area contributed by atoms with E-state index < -0.39 is 0 Å². The summed E-state index contributed by atoms with van der Waals surface area (Å²) < 4.78 is 0. The van der Waals surface area contributed by atoms with Crippen molar-refractivity contribution in [3.05, 3.63) is 194 Å². The number of aromatic nitrogens is 2. The molecule has 0 aliphatic carbocycles. The first-order valence-electron chi connectivity index (χ1n) is 20.0. The third-order valence-electron chi connectivity index (χ3n) is 12.6. The van der Waals surface area contributed by atoms with E-state index in [2.05, 4.69) is 182 Å². The Morgan fingerprint density at radius 1 is 0.276 bits per heavy atom. The van der Waals surface area contributed by atoms with Crippen molar-refractivity contribution in [1.82, 2.24) is 9.97 Å². The number of hydrogen-bond donors (Lipinski definition) is 0. The van der Waals surface area contributed by atoms with Gasteiger partial charge in [0.05, 0.1) is 16.7 Å². The Balaban J connectivity index is 0.994. The summed E-state index contributed by atoms with van der Waals surface area (Å²) in [5.41, 5.74) is 8.78. The van der Waals surface area contributed by atoms with Crippen molar-refractivity contribution >= 4 is 97.2 Å². The van der Waals surface area contributed by atoms with E-state index in [1.54, 1.807) is 0 Å². The van der Waals surface area contributed by atoms with E-state index >= 15 is 0 Å². The molecule has 11 aromatic carbocycles. The lowest BCUT2D eigenvalue weighted by Crippen LogP contribution is -1.91. The maximum atomic E-state index is 5.21. The summed E-state index contributed by atoms with van der Waals surface area (Å²) in [6.45, 7) is 0. The zero-order valence-corrected chi connectivity index (χ0v) is 31.4. The van der Waals surface area contributed by atoms with Gasteiger partial charge < -0.3 is 0 Å². The highest BCUT2D eigenvalue weighted by atomic mass is 14.8. The molecule has 0 radical (unpaired) electrons. The molecule has 0 aliphatic heterocycles. The second kappa shape index (κ2) is 11.9. The fourth-order valence-corrected chi connectivity index (χ4v) is 10.0. The van der Waals surface area contributed by atoms with E-state index in [4.69, 9.17) is 9.97 Å². The first kappa shape index (κ1) is 31.5. The van der Waals surface area contributed by atoms with E-state index in [1.807, 2.05) is 12.3 Å². The van der Waals surface area contributed by atoms with Crippen LogP contribution < -0.4 is 0 Å². The van der Waals surface area contributed by atoms with Crippen LogP contribution in [0, 0.1) is 0 Å². The van der Waals surface area contributed by atoms with Crippen LogP contribution in [0.25, 0.3) is 131 Å². The van der Waals surface area contributed by atoms with Crippen molar-refractivity contribution in [1.29, 1.82) is 0 Å². The van der Waals surface area contributed by atoms with Crippen LogP contribution in [0.2, 0.25) is 0 Å². The Morgan fingerprint density at radius 2 is 0.759 bits per heavy atom. The van der Waals surface area contributed by atoms with Crippen molar-refractivity contribution < 1.29 is 0 Å². The minimum atomic E-state index is 0.931. The van der Waals surface area contributed by atoms with Gasteiger partial charge in [-0.25, -0.2) is 4.98 Å². The number of rotatable bonds is 3. The van der Waals surface area contributed by atoms with Gasteiger partial charge in [-0.2, -0.15) is 0 Å². The van der Waals surface area contributed by atoms with Gasteiger partial charge in [0, 0.05) is 22.5 Å². The SMILES string of the molecule is c1cnc2c(c1)ccc1ccc(-c3ccc(-c4ccc(-c5cc6cccc7c8cccc9ccc%10cccc(c%11cccc5c%11c67)c%10c98)cc4)c4ccccc34)nc12. The minimum Gasteiger partial charge on any atom is -0.254 e. The molecule has 58 heavy (non-hydrogen) atoms. The molecule has 2 heteroatoms.